The lowest BCUT2D eigenvalue weighted by atomic mass is 10.3. The summed E-state index contributed by atoms with van der Waals surface area (Å²) in [5.41, 5.74) is 0. The van der Waals surface area contributed by atoms with Gasteiger partial charge in [-0.15, -0.1) is 11.6 Å². The smallest absolute Gasteiger partial charge is 0.147 e. The Balaban J connectivity index is 2.69. The molecule has 0 aliphatic carbocycles. The molecule has 0 bridgehead atoms. The van der Waals surface area contributed by atoms with Crippen LogP contribution in [-0.2, 0) is 0 Å². The van der Waals surface area contributed by atoms with Crippen LogP contribution < -0.4 is 4.90 Å². The number of hydrogen-bond donors (Lipinski definition) is 0. The van der Waals surface area contributed by atoms with E-state index in [0.717, 1.165) is 23.3 Å². The maximum absolute atomic E-state index is 6.07. The summed E-state index contributed by atoms with van der Waals surface area (Å²) in [6.07, 6.45) is 2.65. The second kappa shape index (κ2) is 5.92. The lowest BCUT2D eigenvalue weighted by Gasteiger charge is -2.19. The van der Waals surface area contributed by atoms with Gasteiger partial charge in [-0.3, -0.25) is 0 Å². The van der Waals surface area contributed by atoms with Gasteiger partial charge in [-0.2, -0.15) is 0 Å². The van der Waals surface area contributed by atoms with Crippen LogP contribution in [0.15, 0.2) is 16.7 Å². The SMILES string of the molecule is CC(Cl)CCN(C)c1ncc(Br)cc1Cl. The number of hydrogen-bond acceptors (Lipinski definition) is 2. The van der Waals surface area contributed by atoms with E-state index in [4.69, 9.17) is 23.2 Å². The first-order valence-corrected chi connectivity index (χ1v) is 6.27. The van der Waals surface area contributed by atoms with Crippen LogP contribution in [0.2, 0.25) is 5.02 Å². The molecule has 0 amide bonds. The molecule has 0 saturated carbocycles. The van der Waals surface area contributed by atoms with Crippen molar-refractivity contribution in [1.29, 1.82) is 0 Å². The molecule has 0 fully saturated rings. The highest BCUT2D eigenvalue weighted by Crippen LogP contribution is 2.25. The molecule has 5 heteroatoms. The zero-order valence-electron chi connectivity index (χ0n) is 8.67. The van der Waals surface area contributed by atoms with Crippen molar-refractivity contribution < 1.29 is 0 Å². The summed E-state index contributed by atoms with van der Waals surface area (Å²) < 4.78 is 0.885. The number of rotatable bonds is 4. The van der Waals surface area contributed by atoms with E-state index >= 15 is 0 Å². The van der Waals surface area contributed by atoms with E-state index < -0.39 is 0 Å². The first-order valence-electron chi connectivity index (χ1n) is 4.67. The summed E-state index contributed by atoms with van der Waals surface area (Å²) in [5.74, 6) is 0.789. The molecule has 2 nitrogen and oxygen atoms in total. The minimum atomic E-state index is 0.168. The second-order valence-electron chi connectivity index (χ2n) is 3.45. The van der Waals surface area contributed by atoms with Crippen molar-refractivity contribution in [2.45, 2.75) is 18.7 Å². The quantitative estimate of drug-likeness (QED) is 0.783. The molecule has 15 heavy (non-hydrogen) atoms. The van der Waals surface area contributed by atoms with Gasteiger partial charge in [-0.25, -0.2) is 4.98 Å². The van der Waals surface area contributed by atoms with Crippen molar-refractivity contribution in [1.82, 2.24) is 4.98 Å². The highest BCUT2D eigenvalue weighted by Gasteiger charge is 2.08. The van der Waals surface area contributed by atoms with Gasteiger partial charge in [0.15, 0.2) is 0 Å². The van der Waals surface area contributed by atoms with Gasteiger partial charge in [-0.05, 0) is 35.3 Å². The number of aromatic nitrogens is 1. The monoisotopic (exact) mass is 310 g/mol. The average molecular weight is 312 g/mol. The van der Waals surface area contributed by atoms with Crippen molar-refractivity contribution >= 4 is 44.9 Å². The van der Waals surface area contributed by atoms with Crippen LogP contribution in [0.3, 0.4) is 0 Å². The van der Waals surface area contributed by atoms with Crippen molar-refractivity contribution in [3.8, 4) is 0 Å². The normalized spacial score (nSPS) is 12.6. The zero-order valence-corrected chi connectivity index (χ0v) is 11.8. The first kappa shape index (κ1) is 13.1. The predicted molar refractivity (Wildman–Crippen MR) is 70.1 cm³/mol. The summed E-state index contributed by atoms with van der Waals surface area (Å²) in [6, 6.07) is 1.84. The van der Waals surface area contributed by atoms with Gasteiger partial charge >= 0.3 is 0 Å². The van der Waals surface area contributed by atoms with Crippen molar-refractivity contribution in [3.05, 3.63) is 21.8 Å². The van der Waals surface area contributed by atoms with Crippen molar-refractivity contribution in [3.63, 3.8) is 0 Å². The lowest BCUT2D eigenvalue weighted by molar-refractivity contribution is 0.765. The molecule has 1 atom stereocenters. The van der Waals surface area contributed by atoms with Crippen LogP contribution in [0.5, 0.6) is 0 Å². The van der Waals surface area contributed by atoms with Crippen LogP contribution in [0, 0.1) is 0 Å². The first-order chi connectivity index (χ1) is 7.00. The Morgan fingerprint density at radius 3 is 2.80 bits per heavy atom. The standard InChI is InChI=1S/C10H13BrCl2N2/c1-7(12)3-4-15(2)10-9(13)5-8(11)6-14-10/h5-7H,3-4H2,1-2H3. The third-order valence-corrected chi connectivity index (χ3v) is 2.94. The van der Waals surface area contributed by atoms with Crippen LogP contribution in [0.1, 0.15) is 13.3 Å². The number of halogens is 3. The average Bonchev–Trinajstić information content (AvgIpc) is 2.14. The third kappa shape index (κ3) is 4.17. The molecule has 0 radical (unpaired) electrons. The minimum absolute atomic E-state index is 0.168. The number of anilines is 1. The Kier molecular flexibility index (Phi) is 5.16. The molecule has 1 heterocycles. The molecule has 0 spiro atoms. The predicted octanol–water partition coefficient (Wildman–Crippen LogP) is 3.95. The van der Waals surface area contributed by atoms with Gasteiger partial charge in [0.2, 0.25) is 0 Å². The fourth-order valence-electron chi connectivity index (χ4n) is 1.17. The van der Waals surface area contributed by atoms with E-state index in [1.807, 2.05) is 24.9 Å². The van der Waals surface area contributed by atoms with Gasteiger partial charge in [-0.1, -0.05) is 11.6 Å². The van der Waals surface area contributed by atoms with E-state index in [0.29, 0.717) is 5.02 Å². The van der Waals surface area contributed by atoms with Crippen molar-refractivity contribution in [2.75, 3.05) is 18.5 Å². The molecule has 1 rings (SSSR count). The Bertz CT molecular complexity index is 331. The molecule has 0 aromatic carbocycles. The summed E-state index contributed by atoms with van der Waals surface area (Å²) >= 11 is 15.3. The summed E-state index contributed by atoms with van der Waals surface area (Å²) in [5, 5.41) is 0.816. The largest absolute Gasteiger partial charge is 0.358 e. The van der Waals surface area contributed by atoms with Gasteiger partial charge in [0, 0.05) is 29.6 Å². The molecule has 0 aliphatic rings. The third-order valence-electron chi connectivity index (χ3n) is 2.01. The molecular weight excluding hydrogens is 299 g/mol. The van der Waals surface area contributed by atoms with E-state index in [1.54, 1.807) is 6.20 Å². The Morgan fingerprint density at radius 2 is 2.27 bits per heavy atom. The van der Waals surface area contributed by atoms with Gasteiger partial charge in [0.25, 0.3) is 0 Å². The van der Waals surface area contributed by atoms with Crippen LogP contribution in [-0.4, -0.2) is 24.0 Å². The zero-order chi connectivity index (χ0) is 11.4. The second-order valence-corrected chi connectivity index (χ2v) is 5.52. The topological polar surface area (TPSA) is 16.1 Å². The number of alkyl halides is 1. The highest BCUT2D eigenvalue weighted by molar-refractivity contribution is 9.10. The molecule has 0 aliphatic heterocycles. The molecule has 0 saturated heterocycles. The van der Waals surface area contributed by atoms with E-state index in [9.17, 15) is 0 Å². The van der Waals surface area contributed by atoms with E-state index in [2.05, 4.69) is 20.9 Å². The van der Waals surface area contributed by atoms with Crippen LogP contribution in [0.25, 0.3) is 0 Å². The highest BCUT2D eigenvalue weighted by atomic mass is 79.9. The fourth-order valence-corrected chi connectivity index (χ4v) is 2.04. The number of nitrogens with zero attached hydrogens (tertiary/aromatic N) is 2. The van der Waals surface area contributed by atoms with Crippen LogP contribution >= 0.6 is 39.1 Å². The number of pyridine rings is 1. The Hall–Kier alpha value is 0.01000. The molecule has 1 aromatic rings. The summed E-state index contributed by atoms with van der Waals surface area (Å²) in [7, 11) is 1.96. The molecule has 1 aromatic heterocycles. The molecular formula is C10H13BrCl2N2. The maximum Gasteiger partial charge on any atom is 0.147 e. The minimum Gasteiger partial charge on any atom is -0.358 e. The maximum atomic E-state index is 6.07. The Morgan fingerprint density at radius 1 is 1.60 bits per heavy atom. The lowest BCUT2D eigenvalue weighted by Crippen LogP contribution is -2.21. The van der Waals surface area contributed by atoms with E-state index in [1.165, 1.54) is 0 Å². The summed E-state index contributed by atoms with van der Waals surface area (Å²) in [6.45, 7) is 2.82. The molecule has 1 unspecified atom stereocenters. The fraction of sp³-hybridized carbons (Fsp3) is 0.500. The van der Waals surface area contributed by atoms with Crippen LogP contribution in [0.4, 0.5) is 5.82 Å². The van der Waals surface area contributed by atoms with E-state index in [-0.39, 0.29) is 5.38 Å². The van der Waals surface area contributed by atoms with Gasteiger partial charge < -0.3 is 4.90 Å². The molecule has 84 valence electrons. The Labute approximate surface area is 109 Å². The van der Waals surface area contributed by atoms with Crippen molar-refractivity contribution in [2.24, 2.45) is 0 Å². The van der Waals surface area contributed by atoms with Gasteiger partial charge in [0.05, 0.1) is 5.02 Å². The molecule has 0 N–H and O–H groups in total. The van der Waals surface area contributed by atoms with Gasteiger partial charge in [0.1, 0.15) is 5.82 Å². The summed E-state index contributed by atoms with van der Waals surface area (Å²) in [4.78, 5) is 6.27.